The summed E-state index contributed by atoms with van der Waals surface area (Å²) in [5.41, 5.74) is 6.77. The minimum atomic E-state index is -0.634. The van der Waals surface area contributed by atoms with Crippen LogP contribution in [-0.2, 0) is 5.54 Å². The van der Waals surface area contributed by atoms with Crippen molar-refractivity contribution in [1.29, 1.82) is 0 Å². The molecule has 2 N–H and O–H groups in total. The molecule has 0 heterocycles. The first-order valence-electron chi connectivity index (χ1n) is 8.32. The standard InChI is InChI=1S/C18H31FN2/c1-5-13-21(14-6-2)17(7-3)18(20,8-4)15-11-9-10-12-16(15)19/h9-12,17H,5-8,13-14,20H2,1-4H3. The number of halogens is 1. The number of hydrogen-bond acceptors (Lipinski definition) is 2. The lowest BCUT2D eigenvalue weighted by atomic mass is 9.78. The highest BCUT2D eigenvalue weighted by atomic mass is 19.1. The average molecular weight is 294 g/mol. The molecule has 0 spiro atoms. The Bertz CT molecular complexity index is 415. The van der Waals surface area contributed by atoms with E-state index in [1.165, 1.54) is 6.07 Å². The van der Waals surface area contributed by atoms with Gasteiger partial charge in [0.2, 0.25) is 0 Å². The first kappa shape index (κ1) is 18.1. The van der Waals surface area contributed by atoms with Gasteiger partial charge in [-0.15, -0.1) is 0 Å². The largest absolute Gasteiger partial charge is 0.320 e. The first-order chi connectivity index (χ1) is 10.0. The summed E-state index contributed by atoms with van der Waals surface area (Å²) in [7, 11) is 0. The van der Waals surface area contributed by atoms with Crippen molar-refractivity contribution in [2.45, 2.75) is 65.0 Å². The van der Waals surface area contributed by atoms with Crippen LogP contribution in [0.5, 0.6) is 0 Å². The molecule has 1 aromatic carbocycles. The molecule has 0 bridgehead atoms. The van der Waals surface area contributed by atoms with E-state index < -0.39 is 5.54 Å². The smallest absolute Gasteiger partial charge is 0.128 e. The maximum Gasteiger partial charge on any atom is 0.128 e. The lowest BCUT2D eigenvalue weighted by Crippen LogP contribution is -2.56. The Labute approximate surface area is 129 Å². The third kappa shape index (κ3) is 4.04. The molecule has 2 atom stereocenters. The van der Waals surface area contributed by atoms with Crippen LogP contribution in [0.3, 0.4) is 0 Å². The zero-order valence-corrected chi connectivity index (χ0v) is 14.0. The van der Waals surface area contributed by atoms with Gasteiger partial charge in [-0.1, -0.05) is 45.9 Å². The summed E-state index contributed by atoms with van der Waals surface area (Å²) < 4.78 is 14.3. The van der Waals surface area contributed by atoms with E-state index in [1.807, 2.05) is 12.1 Å². The summed E-state index contributed by atoms with van der Waals surface area (Å²) in [6, 6.07) is 7.14. The maximum atomic E-state index is 14.3. The van der Waals surface area contributed by atoms with Crippen LogP contribution >= 0.6 is 0 Å². The fourth-order valence-electron chi connectivity index (χ4n) is 3.39. The van der Waals surface area contributed by atoms with Crippen LogP contribution in [0.4, 0.5) is 4.39 Å². The molecule has 0 aliphatic carbocycles. The number of rotatable bonds is 9. The third-order valence-electron chi connectivity index (χ3n) is 4.40. The van der Waals surface area contributed by atoms with Gasteiger partial charge in [0.25, 0.3) is 0 Å². The van der Waals surface area contributed by atoms with Crippen molar-refractivity contribution in [3.8, 4) is 0 Å². The van der Waals surface area contributed by atoms with Crippen molar-refractivity contribution < 1.29 is 4.39 Å². The lowest BCUT2D eigenvalue weighted by molar-refractivity contribution is 0.107. The molecule has 0 aliphatic rings. The van der Waals surface area contributed by atoms with Gasteiger partial charge in [0.05, 0.1) is 5.54 Å². The highest BCUT2D eigenvalue weighted by molar-refractivity contribution is 5.28. The Morgan fingerprint density at radius 1 is 1.10 bits per heavy atom. The van der Waals surface area contributed by atoms with E-state index in [4.69, 9.17) is 5.73 Å². The van der Waals surface area contributed by atoms with Crippen molar-refractivity contribution in [3.63, 3.8) is 0 Å². The molecule has 1 rings (SSSR count). The maximum absolute atomic E-state index is 14.3. The van der Waals surface area contributed by atoms with Crippen LogP contribution in [0, 0.1) is 5.82 Å². The summed E-state index contributed by atoms with van der Waals surface area (Å²) in [5.74, 6) is -0.187. The average Bonchev–Trinajstić information content (AvgIpc) is 2.48. The van der Waals surface area contributed by atoms with E-state index in [0.29, 0.717) is 5.56 Å². The number of hydrogen-bond donors (Lipinski definition) is 1. The van der Waals surface area contributed by atoms with Gasteiger partial charge in [0, 0.05) is 11.6 Å². The van der Waals surface area contributed by atoms with Crippen molar-refractivity contribution in [3.05, 3.63) is 35.6 Å². The number of nitrogens with two attached hydrogens (primary N) is 1. The molecule has 0 radical (unpaired) electrons. The van der Waals surface area contributed by atoms with Gasteiger partial charge in [0.1, 0.15) is 5.82 Å². The molecule has 0 fully saturated rings. The topological polar surface area (TPSA) is 29.3 Å². The van der Waals surface area contributed by atoms with Crippen molar-refractivity contribution in [1.82, 2.24) is 4.90 Å². The van der Waals surface area contributed by atoms with Crippen molar-refractivity contribution in [2.24, 2.45) is 5.73 Å². The molecule has 0 saturated carbocycles. The highest BCUT2D eigenvalue weighted by Crippen LogP contribution is 2.33. The van der Waals surface area contributed by atoms with Crippen LogP contribution in [0.25, 0.3) is 0 Å². The molecule has 0 saturated heterocycles. The predicted octanol–water partition coefficient (Wildman–Crippen LogP) is 4.29. The Morgan fingerprint density at radius 2 is 1.67 bits per heavy atom. The fourth-order valence-corrected chi connectivity index (χ4v) is 3.39. The monoisotopic (exact) mass is 294 g/mol. The van der Waals surface area contributed by atoms with Crippen molar-refractivity contribution >= 4 is 0 Å². The zero-order chi connectivity index (χ0) is 15.9. The molecule has 0 aliphatic heterocycles. The van der Waals surface area contributed by atoms with Crippen LogP contribution < -0.4 is 5.73 Å². The highest BCUT2D eigenvalue weighted by Gasteiger charge is 2.38. The Balaban J connectivity index is 3.21. The van der Waals surface area contributed by atoms with Gasteiger partial charge in [0.15, 0.2) is 0 Å². The molecule has 0 aromatic heterocycles. The summed E-state index contributed by atoms with van der Waals surface area (Å²) in [6.07, 6.45) is 3.84. The summed E-state index contributed by atoms with van der Waals surface area (Å²) >= 11 is 0. The number of benzene rings is 1. The van der Waals surface area contributed by atoms with Gasteiger partial charge in [-0.05, 0) is 44.8 Å². The molecule has 2 nitrogen and oxygen atoms in total. The van der Waals surface area contributed by atoms with Crippen LogP contribution in [0.15, 0.2) is 24.3 Å². The van der Waals surface area contributed by atoms with Crippen LogP contribution in [-0.4, -0.2) is 24.0 Å². The second-order valence-electron chi connectivity index (χ2n) is 5.83. The van der Waals surface area contributed by atoms with Crippen molar-refractivity contribution in [2.75, 3.05) is 13.1 Å². The molecule has 21 heavy (non-hydrogen) atoms. The third-order valence-corrected chi connectivity index (χ3v) is 4.40. The zero-order valence-electron chi connectivity index (χ0n) is 14.0. The van der Waals surface area contributed by atoms with Gasteiger partial charge >= 0.3 is 0 Å². The fraction of sp³-hybridized carbons (Fsp3) is 0.667. The SMILES string of the molecule is CCCN(CCC)C(CC)C(N)(CC)c1ccccc1F. The van der Waals surface area contributed by atoms with Gasteiger partial charge in [-0.2, -0.15) is 0 Å². The van der Waals surface area contributed by atoms with Gasteiger partial charge < -0.3 is 5.73 Å². The summed E-state index contributed by atoms with van der Waals surface area (Å²) in [6.45, 7) is 10.6. The van der Waals surface area contributed by atoms with E-state index in [1.54, 1.807) is 6.07 Å². The normalized spacial score (nSPS) is 16.0. The quantitative estimate of drug-likeness (QED) is 0.736. The molecule has 2 unspecified atom stereocenters. The lowest BCUT2D eigenvalue weighted by Gasteiger charge is -2.44. The van der Waals surface area contributed by atoms with Gasteiger partial charge in [-0.25, -0.2) is 4.39 Å². The molecular formula is C18H31FN2. The second kappa shape index (κ2) is 8.50. The molecule has 120 valence electrons. The van der Waals surface area contributed by atoms with E-state index in [9.17, 15) is 4.39 Å². The minimum Gasteiger partial charge on any atom is -0.320 e. The Hall–Kier alpha value is -0.930. The molecule has 1 aromatic rings. The van der Waals surface area contributed by atoms with E-state index in [-0.39, 0.29) is 11.9 Å². The summed E-state index contributed by atoms with van der Waals surface area (Å²) in [4.78, 5) is 2.44. The summed E-state index contributed by atoms with van der Waals surface area (Å²) in [5, 5.41) is 0. The molecule has 3 heteroatoms. The van der Waals surface area contributed by atoms with Crippen LogP contribution in [0.2, 0.25) is 0 Å². The minimum absolute atomic E-state index is 0.166. The van der Waals surface area contributed by atoms with Crippen LogP contribution in [0.1, 0.15) is 58.9 Å². The van der Waals surface area contributed by atoms with Gasteiger partial charge in [-0.3, -0.25) is 4.90 Å². The number of nitrogens with zero attached hydrogens (tertiary/aromatic N) is 1. The predicted molar refractivity (Wildman–Crippen MR) is 88.8 cm³/mol. The Morgan fingerprint density at radius 3 is 2.10 bits per heavy atom. The van der Waals surface area contributed by atoms with E-state index in [0.717, 1.165) is 38.8 Å². The second-order valence-corrected chi connectivity index (χ2v) is 5.83. The molecular weight excluding hydrogens is 263 g/mol. The molecule has 0 amide bonds. The Kier molecular flexibility index (Phi) is 7.33. The van der Waals surface area contributed by atoms with E-state index in [2.05, 4.69) is 32.6 Å². The van der Waals surface area contributed by atoms with E-state index >= 15 is 0 Å². The first-order valence-corrected chi connectivity index (χ1v) is 8.32.